The van der Waals surface area contributed by atoms with Gasteiger partial charge in [-0.3, -0.25) is 4.79 Å². The topological polar surface area (TPSA) is 44.1 Å². The Labute approximate surface area is 132 Å². The van der Waals surface area contributed by atoms with E-state index in [1.807, 2.05) is 6.07 Å². The lowest BCUT2D eigenvalue weighted by atomic mass is 9.80. The number of hydrogen-bond donors (Lipinski definition) is 0. The number of carbonyl (C=O) groups excluding carboxylic acids is 1. The molecule has 6 heteroatoms. The minimum Gasteiger partial charge on any atom is -0.332 e. The predicted molar refractivity (Wildman–Crippen MR) is 77.1 cm³/mol. The van der Waals surface area contributed by atoms with Crippen molar-refractivity contribution in [1.82, 2.24) is 4.90 Å². The molecule has 0 spiro atoms. The van der Waals surface area contributed by atoms with Gasteiger partial charge in [-0.1, -0.05) is 0 Å². The van der Waals surface area contributed by atoms with Crippen LogP contribution in [0.4, 0.5) is 13.2 Å². The van der Waals surface area contributed by atoms with Gasteiger partial charge >= 0.3 is 0 Å². The van der Waals surface area contributed by atoms with E-state index in [4.69, 9.17) is 5.26 Å². The number of nitrogens with zero attached hydrogens (tertiary/aromatic N) is 2. The highest BCUT2D eigenvalue weighted by molar-refractivity contribution is 5.87. The number of fused-ring (bicyclic) bond motifs is 1. The maximum atomic E-state index is 13.9. The van der Waals surface area contributed by atoms with Gasteiger partial charge in [-0.15, -0.1) is 0 Å². The van der Waals surface area contributed by atoms with E-state index in [-0.39, 0.29) is 18.0 Å². The first kappa shape index (κ1) is 15.9. The Bertz CT molecular complexity index is 707. The highest BCUT2D eigenvalue weighted by Crippen LogP contribution is 2.54. The molecule has 1 aromatic rings. The van der Waals surface area contributed by atoms with Gasteiger partial charge in [0.15, 0.2) is 0 Å². The molecule has 0 radical (unpaired) electrons. The van der Waals surface area contributed by atoms with Crippen LogP contribution in [0.1, 0.15) is 50.3 Å². The predicted octanol–water partition coefficient (Wildman–Crippen LogP) is 3.79. The number of nitriles is 1. The van der Waals surface area contributed by atoms with Crippen LogP contribution in [0, 0.1) is 22.6 Å². The average Bonchev–Trinajstić information content (AvgIpc) is 2.97. The van der Waals surface area contributed by atoms with Gasteiger partial charge in [0, 0.05) is 13.0 Å². The minimum atomic E-state index is -3.11. The molecule has 122 valence electrons. The molecule has 0 N–H and O–H groups in total. The number of rotatable bonds is 2. The van der Waals surface area contributed by atoms with Crippen molar-refractivity contribution in [3.8, 4) is 6.07 Å². The number of alkyl halides is 2. The van der Waals surface area contributed by atoms with Crippen LogP contribution >= 0.6 is 0 Å². The fourth-order valence-corrected chi connectivity index (χ4v) is 3.80. The number of carbonyl (C=O) groups is 1. The van der Waals surface area contributed by atoms with Crippen molar-refractivity contribution in [3.63, 3.8) is 0 Å². The summed E-state index contributed by atoms with van der Waals surface area (Å²) >= 11 is 0. The van der Waals surface area contributed by atoms with Gasteiger partial charge in [0.2, 0.25) is 5.91 Å². The number of hydrogen-bond acceptors (Lipinski definition) is 2. The summed E-state index contributed by atoms with van der Waals surface area (Å²) in [6.45, 7) is 2.08. The Morgan fingerprint density at radius 2 is 2.04 bits per heavy atom. The maximum Gasteiger partial charge on any atom is 0.259 e. The highest BCUT2D eigenvalue weighted by Gasteiger charge is 2.62. The zero-order valence-electron chi connectivity index (χ0n) is 12.9. The Morgan fingerprint density at radius 3 is 2.65 bits per heavy atom. The molecule has 3 atom stereocenters. The third kappa shape index (κ3) is 2.30. The molecule has 2 aliphatic heterocycles. The van der Waals surface area contributed by atoms with E-state index >= 15 is 0 Å². The molecular weight excluding hydrogens is 305 g/mol. The molecule has 2 saturated heterocycles. The van der Waals surface area contributed by atoms with Crippen molar-refractivity contribution in [2.75, 3.05) is 0 Å². The van der Waals surface area contributed by atoms with Crippen LogP contribution in [0.25, 0.3) is 0 Å². The fourth-order valence-electron chi connectivity index (χ4n) is 3.80. The lowest BCUT2D eigenvalue weighted by Crippen LogP contribution is -2.44. The van der Waals surface area contributed by atoms with Gasteiger partial charge in [-0.25, -0.2) is 13.2 Å². The molecule has 0 unspecified atom stereocenters. The number of benzene rings is 1. The van der Waals surface area contributed by atoms with Crippen molar-refractivity contribution in [2.24, 2.45) is 5.41 Å². The van der Waals surface area contributed by atoms with Crippen LogP contribution in [0.15, 0.2) is 18.2 Å². The number of halogens is 3. The first-order valence-electron chi connectivity index (χ1n) is 7.58. The zero-order chi connectivity index (χ0) is 17.0. The third-order valence-electron chi connectivity index (χ3n) is 5.26. The molecule has 0 aromatic heterocycles. The molecule has 2 fully saturated rings. The summed E-state index contributed by atoms with van der Waals surface area (Å²) in [5.74, 6) is -4.25. The minimum absolute atomic E-state index is 0.103. The number of amides is 1. The molecule has 23 heavy (non-hydrogen) atoms. The molecular formula is C17H17F3N2O. The van der Waals surface area contributed by atoms with E-state index in [9.17, 15) is 18.0 Å². The van der Waals surface area contributed by atoms with Gasteiger partial charge in [0.1, 0.15) is 11.2 Å². The average molecular weight is 322 g/mol. The van der Waals surface area contributed by atoms with Crippen LogP contribution in [-0.2, 0) is 4.79 Å². The smallest absolute Gasteiger partial charge is 0.259 e. The molecule has 3 nitrogen and oxygen atoms in total. The standard InChI is InChI=1S/C17H17F3N2O/c1-16(17(2,19)20)8-13-3-4-14(22(13)15(16)23)11-5-10(9-21)6-12(18)7-11/h5-7,13-14H,3-4,8H2,1-2H3/t13-,14+,16-/m1/s1. The van der Waals surface area contributed by atoms with Crippen molar-refractivity contribution < 1.29 is 18.0 Å². The summed E-state index contributed by atoms with van der Waals surface area (Å²) in [5.41, 5.74) is -1.05. The lowest BCUT2D eigenvalue weighted by Gasteiger charge is -2.31. The van der Waals surface area contributed by atoms with Crippen molar-refractivity contribution in [3.05, 3.63) is 35.1 Å². The van der Waals surface area contributed by atoms with E-state index in [0.29, 0.717) is 18.4 Å². The largest absolute Gasteiger partial charge is 0.332 e. The lowest BCUT2D eigenvalue weighted by molar-refractivity contribution is -0.156. The van der Waals surface area contributed by atoms with Gasteiger partial charge in [0.25, 0.3) is 5.92 Å². The van der Waals surface area contributed by atoms with Gasteiger partial charge in [-0.2, -0.15) is 5.26 Å². The molecule has 0 bridgehead atoms. The summed E-state index contributed by atoms with van der Waals surface area (Å²) in [6.07, 6.45) is 1.31. The third-order valence-corrected chi connectivity index (χ3v) is 5.26. The molecule has 2 heterocycles. The first-order valence-corrected chi connectivity index (χ1v) is 7.58. The van der Waals surface area contributed by atoms with Crippen molar-refractivity contribution in [2.45, 2.75) is 51.1 Å². The van der Waals surface area contributed by atoms with Gasteiger partial charge in [0.05, 0.1) is 17.7 Å². The highest BCUT2D eigenvalue weighted by atomic mass is 19.3. The quantitative estimate of drug-likeness (QED) is 0.831. The fraction of sp³-hybridized carbons (Fsp3) is 0.529. The normalized spacial score (nSPS) is 30.4. The van der Waals surface area contributed by atoms with Crippen LogP contribution in [0.3, 0.4) is 0 Å². The Kier molecular flexibility index (Phi) is 3.44. The monoisotopic (exact) mass is 322 g/mol. The SMILES string of the molecule is CC(F)(F)[C@]1(C)C[C@H]2CC[C@@H](c3cc(F)cc(C#N)c3)N2C1=O. The molecule has 3 rings (SSSR count). The second kappa shape index (κ2) is 4.98. The zero-order valence-corrected chi connectivity index (χ0v) is 12.9. The molecule has 2 aliphatic rings. The Morgan fingerprint density at radius 1 is 1.35 bits per heavy atom. The summed E-state index contributed by atoms with van der Waals surface area (Å²) < 4.78 is 41.5. The van der Waals surface area contributed by atoms with Gasteiger partial charge in [-0.05, 0) is 49.9 Å². The summed E-state index contributed by atoms with van der Waals surface area (Å²) in [4.78, 5) is 14.1. The van der Waals surface area contributed by atoms with E-state index in [1.54, 1.807) is 0 Å². The van der Waals surface area contributed by atoms with Crippen molar-refractivity contribution >= 4 is 5.91 Å². The summed E-state index contributed by atoms with van der Waals surface area (Å²) in [6, 6.07) is 5.11. The van der Waals surface area contributed by atoms with Crippen LogP contribution in [-0.4, -0.2) is 22.8 Å². The van der Waals surface area contributed by atoms with Crippen LogP contribution in [0.2, 0.25) is 0 Å². The maximum absolute atomic E-state index is 13.9. The van der Waals surface area contributed by atoms with Crippen molar-refractivity contribution in [1.29, 1.82) is 5.26 Å². The van der Waals surface area contributed by atoms with Crippen LogP contribution < -0.4 is 0 Å². The van der Waals surface area contributed by atoms with E-state index in [1.165, 1.54) is 24.0 Å². The second-order valence-electron chi connectivity index (χ2n) is 6.77. The molecule has 1 aromatic carbocycles. The first-order chi connectivity index (χ1) is 10.7. The Balaban J connectivity index is 1.98. The summed E-state index contributed by atoms with van der Waals surface area (Å²) in [5, 5.41) is 8.96. The molecule has 1 amide bonds. The summed E-state index contributed by atoms with van der Waals surface area (Å²) in [7, 11) is 0. The Hall–Kier alpha value is -2.03. The molecule has 0 saturated carbocycles. The van der Waals surface area contributed by atoms with Crippen LogP contribution in [0.5, 0.6) is 0 Å². The van der Waals surface area contributed by atoms with E-state index in [0.717, 1.165) is 13.0 Å². The molecule has 0 aliphatic carbocycles. The van der Waals surface area contributed by atoms with Gasteiger partial charge < -0.3 is 4.90 Å². The van der Waals surface area contributed by atoms with E-state index < -0.39 is 29.1 Å². The van der Waals surface area contributed by atoms with E-state index in [2.05, 4.69) is 0 Å². The second-order valence-corrected chi connectivity index (χ2v) is 6.77.